The van der Waals surface area contributed by atoms with Gasteiger partial charge in [0, 0.05) is 18.0 Å². The minimum atomic E-state index is -4.75. The van der Waals surface area contributed by atoms with E-state index in [0.29, 0.717) is 11.6 Å². The topological polar surface area (TPSA) is 38.9 Å². The number of halogens is 4. The number of benzene rings is 1. The maximum absolute atomic E-state index is 14.0. The summed E-state index contributed by atoms with van der Waals surface area (Å²) in [6.07, 6.45) is -1.75. The molecule has 0 amide bonds. The van der Waals surface area contributed by atoms with Crippen LogP contribution < -0.4 is 5.73 Å². The molecule has 0 aliphatic carbocycles. The van der Waals surface area contributed by atoms with Crippen molar-refractivity contribution >= 4 is 0 Å². The van der Waals surface area contributed by atoms with Crippen LogP contribution in [0.1, 0.15) is 28.3 Å². The van der Waals surface area contributed by atoms with Gasteiger partial charge in [-0.2, -0.15) is 13.2 Å². The lowest BCUT2D eigenvalue weighted by molar-refractivity contribution is -0.140. The molecular formula is C14H12F4N2. The Hall–Kier alpha value is -1.95. The fourth-order valence-corrected chi connectivity index (χ4v) is 1.94. The third-order valence-corrected chi connectivity index (χ3v) is 2.92. The van der Waals surface area contributed by atoms with Crippen molar-refractivity contribution in [3.8, 4) is 0 Å². The van der Waals surface area contributed by atoms with Crippen LogP contribution in [0.5, 0.6) is 0 Å². The highest BCUT2D eigenvalue weighted by atomic mass is 19.4. The molecule has 1 atom stereocenters. The van der Waals surface area contributed by atoms with Crippen molar-refractivity contribution in [2.75, 3.05) is 0 Å². The van der Waals surface area contributed by atoms with E-state index in [4.69, 9.17) is 5.73 Å². The quantitative estimate of drug-likeness (QED) is 0.856. The molecule has 1 heterocycles. The van der Waals surface area contributed by atoms with Gasteiger partial charge in [-0.3, -0.25) is 4.98 Å². The van der Waals surface area contributed by atoms with Crippen molar-refractivity contribution in [2.45, 2.75) is 19.1 Å². The molecule has 2 N–H and O–H groups in total. The highest BCUT2D eigenvalue weighted by molar-refractivity contribution is 5.36. The number of hydrogen-bond donors (Lipinski definition) is 1. The Balaban J connectivity index is 2.48. The standard InChI is InChI=1S/C14H12F4N2/c1-8-5-9(7-20-6-8)13(19)10-3-2-4-11(12(10)15)14(16,17)18/h2-7,13H,19H2,1H3. The molecule has 6 heteroatoms. The van der Waals surface area contributed by atoms with Crippen molar-refractivity contribution in [3.05, 3.63) is 64.7 Å². The Bertz CT molecular complexity index is 623. The van der Waals surface area contributed by atoms with Gasteiger partial charge in [0.1, 0.15) is 5.82 Å². The van der Waals surface area contributed by atoms with Crippen molar-refractivity contribution in [2.24, 2.45) is 5.73 Å². The lowest BCUT2D eigenvalue weighted by atomic mass is 9.97. The zero-order valence-electron chi connectivity index (χ0n) is 10.6. The molecule has 0 fully saturated rings. The normalized spacial score (nSPS) is 13.3. The smallest absolute Gasteiger partial charge is 0.320 e. The van der Waals surface area contributed by atoms with Gasteiger partial charge in [0.2, 0.25) is 0 Å². The van der Waals surface area contributed by atoms with Crippen LogP contribution in [0.25, 0.3) is 0 Å². The van der Waals surface area contributed by atoms with Crippen molar-refractivity contribution in [3.63, 3.8) is 0 Å². The maximum Gasteiger partial charge on any atom is 0.419 e. The van der Waals surface area contributed by atoms with E-state index < -0.39 is 23.6 Å². The summed E-state index contributed by atoms with van der Waals surface area (Å²) in [6, 6.07) is 3.75. The predicted molar refractivity (Wildman–Crippen MR) is 66.4 cm³/mol. The first kappa shape index (κ1) is 14.5. The van der Waals surface area contributed by atoms with E-state index in [9.17, 15) is 17.6 Å². The molecule has 0 saturated heterocycles. The molecule has 2 rings (SSSR count). The Morgan fingerprint density at radius 2 is 1.90 bits per heavy atom. The van der Waals surface area contributed by atoms with Crippen molar-refractivity contribution < 1.29 is 17.6 Å². The van der Waals surface area contributed by atoms with Gasteiger partial charge in [0.25, 0.3) is 0 Å². The average Bonchev–Trinajstić information content (AvgIpc) is 2.37. The van der Waals surface area contributed by atoms with E-state index >= 15 is 0 Å². The molecule has 1 unspecified atom stereocenters. The van der Waals surface area contributed by atoms with Crippen LogP contribution in [0.3, 0.4) is 0 Å². The number of rotatable bonds is 2. The minimum Gasteiger partial charge on any atom is -0.320 e. The second-order valence-electron chi connectivity index (χ2n) is 4.48. The van der Waals surface area contributed by atoms with Gasteiger partial charge < -0.3 is 5.73 Å². The Morgan fingerprint density at radius 1 is 1.20 bits per heavy atom. The van der Waals surface area contributed by atoms with Crippen LogP contribution in [0.2, 0.25) is 0 Å². The lowest BCUT2D eigenvalue weighted by Crippen LogP contribution is -2.17. The second-order valence-corrected chi connectivity index (χ2v) is 4.48. The summed E-state index contributed by atoms with van der Waals surface area (Å²) in [5, 5.41) is 0. The highest BCUT2D eigenvalue weighted by Crippen LogP contribution is 2.34. The van der Waals surface area contributed by atoms with Gasteiger partial charge in [-0.1, -0.05) is 18.2 Å². The average molecular weight is 284 g/mol. The molecule has 1 aromatic carbocycles. The summed E-state index contributed by atoms with van der Waals surface area (Å²) in [7, 11) is 0. The van der Waals surface area contributed by atoms with Crippen molar-refractivity contribution in [1.29, 1.82) is 0 Å². The molecule has 1 aromatic heterocycles. The predicted octanol–water partition coefficient (Wildman–Crippen LogP) is 3.60. The zero-order chi connectivity index (χ0) is 14.9. The van der Waals surface area contributed by atoms with Crippen LogP contribution in [-0.4, -0.2) is 4.98 Å². The first-order chi connectivity index (χ1) is 9.30. The first-order valence-electron chi connectivity index (χ1n) is 5.83. The summed E-state index contributed by atoms with van der Waals surface area (Å²) >= 11 is 0. The third-order valence-electron chi connectivity index (χ3n) is 2.92. The van der Waals surface area contributed by atoms with Crippen molar-refractivity contribution in [1.82, 2.24) is 4.98 Å². The summed E-state index contributed by atoms with van der Waals surface area (Å²) in [4.78, 5) is 3.91. The molecule has 2 aromatic rings. The highest BCUT2D eigenvalue weighted by Gasteiger charge is 2.35. The SMILES string of the molecule is Cc1cncc(C(N)c2cccc(C(F)(F)F)c2F)c1. The number of nitrogens with two attached hydrogens (primary N) is 1. The maximum atomic E-state index is 14.0. The molecule has 0 spiro atoms. The summed E-state index contributed by atoms with van der Waals surface area (Å²) in [5.41, 5.74) is 5.59. The molecule has 0 saturated carbocycles. The Labute approximate surface area is 113 Å². The molecule has 106 valence electrons. The van der Waals surface area contributed by atoms with Gasteiger partial charge in [0.15, 0.2) is 0 Å². The number of hydrogen-bond acceptors (Lipinski definition) is 2. The molecule has 0 aliphatic heterocycles. The number of nitrogens with zero attached hydrogens (tertiary/aromatic N) is 1. The molecule has 0 aliphatic rings. The minimum absolute atomic E-state index is 0.202. The zero-order valence-corrected chi connectivity index (χ0v) is 10.6. The molecule has 0 bridgehead atoms. The summed E-state index contributed by atoms with van der Waals surface area (Å²) < 4.78 is 52.0. The number of aryl methyl sites for hydroxylation is 1. The van der Waals surface area contributed by atoms with E-state index in [1.54, 1.807) is 19.2 Å². The van der Waals surface area contributed by atoms with Gasteiger partial charge in [-0.25, -0.2) is 4.39 Å². The van der Waals surface area contributed by atoms with E-state index in [2.05, 4.69) is 4.98 Å². The number of aromatic nitrogens is 1. The largest absolute Gasteiger partial charge is 0.419 e. The van der Waals surface area contributed by atoms with Gasteiger partial charge in [0.05, 0.1) is 11.6 Å². The van der Waals surface area contributed by atoms with E-state index in [-0.39, 0.29) is 5.56 Å². The molecule has 20 heavy (non-hydrogen) atoms. The van der Waals surface area contributed by atoms with E-state index in [1.165, 1.54) is 12.3 Å². The van der Waals surface area contributed by atoms with E-state index in [0.717, 1.165) is 11.6 Å². The second kappa shape index (κ2) is 5.20. The number of alkyl halides is 3. The first-order valence-corrected chi connectivity index (χ1v) is 5.83. The van der Waals surface area contributed by atoms with Crippen LogP contribution in [-0.2, 0) is 6.18 Å². The van der Waals surface area contributed by atoms with Gasteiger partial charge in [-0.15, -0.1) is 0 Å². The number of pyridine rings is 1. The summed E-state index contributed by atoms with van der Waals surface area (Å²) in [6.45, 7) is 1.77. The molecular weight excluding hydrogens is 272 g/mol. The Morgan fingerprint density at radius 3 is 2.50 bits per heavy atom. The monoisotopic (exact) mass is 284 g/mol. The fourth-order valence-electron chi connectivity index (χ4n) is 1.94. The Kier molecular flexibility index (Phi) is 3.76. The third kappa shape index (κ3) is 2.80. The molecule has 0 radical (unpaired) electrons. The van der Waals surface area contributed by atoms with Gasteiger partial charge >= 0.3 is 6.18 Å². The molecule has 2 nitrogen and oxygen atoms in total. The lowest BCUT2D eigenvalue weighted by Gasteiger charge is -2.16. The van der Waals surface area contributed by atoms with Crippen LogP contribution in [0.4, 0.5) is 17.6 Å². The fraction of sp³-hybridized carbons (Fsp3) is 0.214. The van der Waals surface area contributed by atoms with Crippen LogP contribution in [0.15, 0.2) is 36.7 Å². The van der Waals surface area contributed by atoms with E-state index in [1.807, 2.05) is 0 Å². The summed E-state index contributed by atoms with van der Waals surface area (Å²) in [5.74, 6) is -1.34. The van der Waals surface area contributed by atoms with Crippen LogP contribution >= 0.6 is 0 Å². The van der Waals surface area contributed by atoms with Crippen LogP contribution in [0, 0.1) is 12.7 Å². The van der Waals surface area contributed by atoms with Gasteiger partial charge in [-0.05, 0) is 24.1 Å².